The van der Waals surface area contributed by atoms with Crippen molar-refractivity contribution in [2.75, 3.05) is 10.6 Å². The standard InChI is InChI=1S/C19H23N7O2/c1-11(16(20)27)26-8-5-12-9-13(23-14-10-21-6-7-22-14)24-17(15(12)18(26)28)25-19(2,3)4/h5-11H,1-4H3,(H2,20,27)(H2,22,23,24,25). The average molecular weight is 381 g/mol. The predicted molar refractivity (Wildman–Crippen MR) is 109 cm³/mol. The van der Waals surface area contributed by atoms with Gasteiger partial charge in [0.15, 0.2) is 0 Å². The first-order valence-corrected chi connectivity index (χ1v) is 8.82. The molecule has 1 atom stereocenters. The summed E-state index contributed by atoms with van der Waals surface area (Å²) in [7, 11) is 0. The van der Waals surface area contributed by atoms with Crippen molar-refractivity contribution < 1.29 is 4.79 Å². The summed E-state index contributed by atoms with van der Waals surface area (Å²) < 4.78 is 1.32. The number of hydrogen-bond donors (Lipinski definition) is 3. The third-order valence-corrected chi connectivity index (χ3v) is 4.05. The molecule has 9 nitrogen and oxygen atoms in total. The molecule has 0 aromatic carbocycles. The fraction of sp³-hybridized carbons (Fsp3) is 0.316. The number of nitrogens with one attached hydrogen (secondary N) is 2. The van der Waals surface area contributed by atoms with Gasteiger partial charge in [-0.25, -0.2) is 9.97 Å². The number of aromatic nitrogens is 4. The molecular formula is C19H23N7O2. The minimum atomic E-state index is -0.767. The maximum Gasteiger partial charge on any atom is 0.262 e. The van der Waals surface area contributed by atoms with Crippen LogP contribution in [0.5, 0.6) is 0 Å². The van der Waals surface area contributed by atoms with Crippen LogP contribution in [0.2, 0.25) is 0 Å². The van der Waals surface area contributed by atoms with E-state index in [1.165, 1.54) is 4.57 Å². The number of pyridine rings is 2. The first-order chi connectivity index (χ1) is 13.2. The lowest BCUT2D eigenvalue weighted by Crippen LogP contribution is -2.33. The molecule has 0 radical (unpaired) electrons. The van der Waals surface area contributed by atoms with Crippen LogP contribution in [-0.2, 0) is 4.79 Å². The number of primary amides is 1. The molecule has 9 heteroatoms. The second-order valence-electron chi connectivity index (χ2n) is 7.52. The van der Waals surface area contributed by atoms with E-state index in [0.717, 1.165) is 0 Å². The summed E-state index contributed by atoms with van der Waals surface area (Å²) in [6.07, 6.45) is 6.29. The number of carbonyl (C=O) groups is 1. The van der Waals surface area contributed by atoms with Gasteiger partial charge in [0, 0.05) is 24.1 Å². The highest BCUT2D eigenvalue weighted by molar-refractivity contribution is 5.94. The van der Waals surface area contributed by atoms with Gasteiger partial charge in [-0.1, -0.05) is 0 Å². The molecule has 0 fully saturated rings. The predicted octanol–water partition coefficient (Wildman–Crippen LogP) is 2.19. The molecule has 3 heterocycles. The van der Waals surface area contributed by atoms with Crippen molar-refractivity contribution >= 4 is 34.1 Å². The molecular weight excluding hydrogens is 358 g/mol. The molecule has 28 heavy (non-hydrogen) atoms. The molecule has 0 aliphatic rings. The third-order valence-electron chi connectivity index (χ3n) is 4.05. The summed E-state index contributed by atoms with van der Waals surface area (Å²) in [6.45, 7) is 7.49. The van der Waals surface area contributed by atoms with Gasteiger partial charge in [-0.05, 0) is 45.2 Å². The SMILES string of the molecule is CC(C(N)=O)n1ccc2cc(Nc3cnccn3)nc(NC(C)(C)C)c2c1=O. The number of hydrogen-bond acceptors (Lipinski definition) is 7. The molecule has 0 bridgehead atoms. The van der Waals surface area contributed by atoms with Crippen molar-refractivity contribution in [2.45, 2.75) is 39.3 Å². The second kappa shape index (κ2) is 7.26. The molecule has 146 valence electrons. The Hall–Kier alpha value is -3.49. The van der Waals surface area contributed by atoms with Gasteiger partial charge in [-0.2, -0.15) is 0 Å². The first kappa shape index (κ1) is 19.3. The van der Waals surface area contributed by atoms with Crippen molar-refractivity contribution in [2.24, 2.45) is 5.73 Å². The normalized spacial score (nSPS) is 12.6. The van der Waals surface area contributed by atoms with Crippen LogP contribution in [0.4, 0.5) is 17.5 Å². The number of anilines is 3. The number of nitrogens with zero attached hydrogens (tertiary/aromatic N) is 4. The maximum absolute atomic E-state index is 13.1. The summed E-state index contributed by atoms with van der Waals surface area (Å²) in [5, 5.41) is 7.42. The zero-order valence-corrected chi connectivity index (χ0v) is 16.2. The molecule has 1 unspecified atom stereocenters. The van der Waals surface area contributed by atoms with E-state index in [4.69, 9.17) is 5.73 Å². The Morgan fingerprint density at radius 3 is 2.61 bits per heavy atom. The molecule has 0 spiro atoms. The zero-order chi connectivity index (χ0) is 20.5. The highest BCUT2D eigenvalue weighted by Crippen LogP contribution is 2.26. The summed E-state index contributed by atoms with van der Waals surface area (Å²) >= 11 is 0. The molecule has 4 N–H and O–H groups in total. The Bertz CT molecular complexity index is 1070. The van der Waals surface area contributed by atoms with Gasteiger partial charge >= 0.3 is 0 Å². The van der Waals surface area contributed by atoms with E-state index >= 15 is 0 Å². The van der Waals surface area contributed by atoms with Crippen molar-refractivity contribution in [3.63, 3.8) is 0 Å². The van der Waals surface area contributed by atoms with Gasteiger partial charge < -0.3 is 20.9 Å². The van der Waals surface area contributed by atoms with Crippen molar-refractivity contribution in [3.05, 3.63) is 47.3 Å². The topological polar surface area (TPSA) is 128 Å². The fourth-order valence-electron chi connectivity index (χ4n) is 2.73. The van der Waals surface area contributed by atoms with Crippen molar-refractivity contribution in [1.29, 1.82) is 0 Å². The Balaban J connectivity index is 2.19. The molecule has 1 amide bonds. The molecule has 3 rings (SSSR count). The zero-order valence-electron chi connectivity index (χ0n) is 16.2. The Morgan fingerprint density at radius 1 is 1.25 bits per heavy atom. The van der Waals surface area contributed by atoms with Gasteiger partial charge in [-0.15, -0.1) is 0 Å². The maximum atomic E-state index is 13.1. The second-order valence-corrected chi connectivity index (χ2v) is 7.52. The van der Waals surface area contributed by atoms with Crippen LogP contribution in [0.1, 0.15) is 33.7 Å². The van der Waals surface area contributed by atoms with Crippen LogP contribution >= 0.6 is 0 Å². The molecule has 0 aliphatic heterocycles. The fourth-order valence-corrected chi connectivity index (χ4v) is 2.73. The Labute approximate surface area is 162 Å². The van der Waals surface area contributed by atoms with Gasteiger partial charge in [-0.3, -0.25) is 14.6 Å². The smallest absolute Gasteiger partial charge is 0.262 e. The van der Waals surface area contributed by atoms with Crippen LogP contribution in [0, 0.1) is 0 Å². The Morgan fingerprint density at radius 2 is 2.00 bits per heavy atom. The van der Waals surface area contributed by atoms with Gasteiger partial charge in [0.05, 0.1) is 11.6 Å². The highest BCUT2D eigenvalue weighted by Gasteiger charge is 2.20. The summed E-state index contributed by atoms with van der Waals surface area (Å²) in [4.78, 5) is 37.4. The van der Waals surface area contributed by atoms with Crippen molar-refractivity contribution in [3.8, 4) is 0 Å². The highest BCUT2D eigenvalue weighted by atomic mass is 16.2. The van der Waals surface area contributed by atoms with Gasteiger partial charge in [0.2, 0.25) is 5.91 Å². The largest absolute Gasteiger partial charge is 0.368 e. The monoisotopic (exact) mass is 381 g/mol. The molecule has 0 saturated heterocycles. The number of rotatable bonds is 5. The minimum absolute atomic E-state index is 0.339. The number of amides is 1. The summed E-state index contributed by atoms with van der Waals surface area (Å²) in [5.74, 6) is 0.875. The lowest BCUT2D eigenvalue weighted by atomic mass is 10.1. The number of fused-ring (bicyclic) bond motifs is 1. The van der Waals surface area contributed by atoms with Crippen LogP contribution in [-0.4, -0.2) is 31.0 Å². The van der Waals surface area contributed by atoms with Gasteiger partial charge in [0.1, 0.15) is 23.5 Å². The van der Waals surface area contributed by atoms with E-state index in [2.05, 4.69) is 25.6 Å². The van der Waals surface area contributed by atoms with E-state index in [1.54, 1.807) is 43.8 Å². The summed E-state index contributed by atoms with van der Waals surface area (Å²) in [6, 6.07) is 2.74. The van der Waals surface area contributed by atoms with Gasteiger partial charge in [0.25, 0.3) is 5.56 Å². The average Bonchev–Trinajstić information content (AvgIpc) is 2.60. The van der Waals surface area contributed by atoms with Crippen LogP contribution in [0.3, 0.4) is 0 Å². The quantitative estimate of drug-likeness (QED) is 0.618. The van der Waals surface area contributed by atoms with E-state index in [-0.39, 0.29) is 11.1 Å². The molecule has 3 aromatic heterocycles. The first-order valence-electron chi connectivity index (χ1n) is 8.82. The molecule has 0 saturated carbocycles. The lowest BCUT2D eigenvalue weighted by molar-refractivity contribution is -0.120. The third kappa shape index (κ3) is 4.08. The number of nitrogens with two attached hydrogens (primary N) is 1. The van der Waals surface area contributed by atoms with E-state index in [1.807, 2.05) is 20.8 Å². The molecule has 3 aromatic rings. The van der Waals surface area contributed by atoms with Crippen LogP contribution in [0.25, 0.3) is 10.8 Å². The van der Waals surface area contributed by atoms with E-state index in [0.29, 0.717) is 28.2 Å². The van der Waals surface area contributed by atoms with E-state index < -0.39 is 11.9 Å². The minimum Gasteiger partial charge on any atom is -0.368 e. The summed E-state index contributed by atoms with van der Waals surface area (Å²) in [5.41, 5.74) is 4.70. The lowest BCUT2D eigenvalue weighted by Gasteiger charge is -2.23. The molecule has 0 aliphatic carbocycles. The van der Waals surface area contributed by atoms with Crippen LogP contribution < -0.4 is 21.9 Å². The number of carbonyl (C=O) groups excluding carboxylic acids is 1. The Kier molecular flexibility index (Phi) is 5.00. The van der Waals surface area contributed by atoms with E-state index in [9.17, 15) is 9.59 Å². The van der Waals surface area contributed by atoms with Crippen molar-refractivity contribution in [1.82, 2.24) is 19.5 Å². The van der Waals surface area contributed by atoms with Crippen LogP contribution in [0.15, 0.2) is 41.7 Å².